The van der Waals surface area contributed by atoms with Crippen molar-refractivity contribution >= 4 is 19.7 Å². The number of allylic oxidation sites excluding steroid dienone is 6. The van der Waals surface area contributed by atoms with Crippen molar-refractivity contribution < 1.29 is 37.9 Å². The quantitative estimate of drug-likeness (QED) is 0.0238. The number of phosphoric acid groups is 1. The number of hydrogen-bond acceptors (Lipinski definition) is 7. The number of ether oxygens (including phenoxy) is 1. The fourth-order valence-corrected chi connectivity index (χ4v) is 8.64. The first-order valence-corrected chi connectivity index (χ1v) is 29.0. The van der Waals surface area contributed by atoms with Gasteiger partial charge >= 0.3 is 13.8 Å². The second kappa shape index (κ2) is 51.6. The molecule has 2 atom stereocenters. The molecule has 0 saturated heterocycles. The Morgan fingerprint density at radius 3 is 1.28 bits per heavy atom. The molecule has 0 aliphatic rings. The highest BCUT2D eigenvalue weighted by molar-refractivity contribution is 7.47. The van der Waals surface area contributed by atoms with Crippen LogP contribution in [-0.4, -0.2) is 54.3 Å². The zero-order valence-electron chi connectivity index (χ0n) is 42.4. The molecule has 0 spiro atoms. The summed E-state index contributed by atoms with van der Waals surface area (Å²) in [5.41, 5.74) is 0. The predicted molar refractivity (Wildman–Crippen MR) is 275 cm³/mol. The van der Waals surface area contributed by atoms with E-state index in [4.69, 9.17) is 13.8 Å². The monoisotopic (exact) mass is 938 g/mol. The molecule has 0 saturated carbocycles. The molecule has 65 heavy (non-hydrogen) atoms. The van der Waals surface area contributed by atoms with Crippen LogP contribution in [0.4, 0.5) is 0 Å². The molecule has 0 aromatic carbocycles. The Labute approximate surface area is 401 Å². The summed E-state index contributed by atoms with van der Waals surface area (Å²) >= 11 is 0. The number of esters is 1. The number of carbonyl (C=O) groups is 2. The van der Waals surface area contributed by atoms with E-state index in [2.05, 4.69) is 55.6 Å². The number of phosphoric ester groups is 1. The SMILES string of the molecule is CCCCC/C=C\C/C=C\CCCCCCCCCCCCCC(=O)OCC(O)COP(=O)(O)OCCNC(=O)CCCCCCCCCCCCCCC/C=C/CCCCCCCC. The largest absolute Gasteiger partial charge is 0.472 e. The maximum absolute atomic E-state index is 12.2. The van der Waals surface area contributed by atoms with Gasteiger partial charge in [0.15, 0.2) is 0 Å². The lowest BCUT2D eigenvalue weighted by Gasteiger charge is -2.15. The van der Waals surface area contributed by atoms with Crippen LogP contribution in [0, 0.1) is 0 Å². The summed E-state index contributed by atoms with van der Waals surface area (Å²) in [5, 5.41) is 12.8. The standard InChI is InChI=1S/C55H104NO8P/c1-3-5-7-9-11-13-15-17-19-21-23-25-26-28-29-31-33-35-37-39-41-43-45-47-54(58)56-49-50-63-65(60,61)64-52-53(57)51-62-55(59)48-46-44-42-40-38-36-34-32-30-27-24-22-20-18-16-14-12-10-8-6-4-2/h12,14,17-20,53,57H,3-11,13,15-16,21-52H2,1-2H3,(H,56,58)(H,60,61)/b14-12-,19-17+,20-18-. The van der Waals surface area contributed by atoms with Crippen LogP contribution in [0.3, 0.4) is 0 Å². The number of carbonyl (C=O) groups excluding carboxylic acids is 2. The van der Waals surface area contributed by atoms with E-state index in [9.17, 15) is 24.2 Å². The van der Waals surface area contributed by atoms with Crippen LogP contribution in [-0.2, 0) is 27.9 Å². The molecule has 0 aromatic rings. The Bertz CT molecular complexity index is 1160. The fraction of sp³-hybridized carbons (Fsp3) is 0.855. The van der Waals surface area contributed by atoms with Crippen molar-refractivity contribution in [1.82, 2.24) is 5.32 Å². The first-order chi connectivity index (χ1) is 31.8. The van der Waals surface area contributed by atoms with E-state index >= 15 is 0 Å². The van der Waals surface area contributed by atoms with Crippen LogP contribution in [0.2, 0.25) is 0 Å². The molecule has 0 aromatic heterocycles. The second-order valence-corrected chi connectivity index (χ2v) is 20.0. The minimum atomic E-state index is -4.42. The van der Waals surface area contributed by atoms with E-state index in [1.807, 2.05) is 0 Å². The van der Waals surface area contributed by atoms with Crippen LogP contribution >= 0.6 is 7.82 Å². The van der Waals surface area contributed by atoms with Gasteiger partial charge in [0.25, 0.3) is 0 Å². The van der Waals surface area contributed by atoms with E-state index in [0.717, 1.165) is 44.9 Å². The van der Waals surface area contributed by atoms with Crippen LogP contribution < -0.4 is 5.32 Å². The Kier molecular flexibility index (Phi) is 50.2. The van der Waals surface area contributed by atoms with Gasteiger partial charge in [0.1, 0.15) is 12.7 Å². The van der Waals surface area contributed by atoms with Gasteiger partial charge in [-0.25, -0.2) is 4.57 Å². The third kappa shape index (κ3) is 53.1. The average molecular weight is 938 g/mol. The summed E-state index contributed by atoms with van der Waals surface area (Å²) < 4.78 is 27.0. The van der Waals surface area contributed by atoms with Gasteiger partial charge in [-0.15, -0.1) is 0 Å². The number of nitrogens with one attached hydrogen (secondary N) is 1. The summed E-state index contributed by atoms with van der Waals surface area (Å²) in [6.07, 6.45) is 60.9. The Morgan fingerprint density at radius 2 is 0.831 bits per heavy atom. The van der Waals surface area contributed by atoms with Gasteiger partial charge in [-0.3, -0.25) is 18.6 Å². The number of hydrogen-bond donors (Lipinski definition) is 3. The minimum Gasteiger partial charge on any atom is -0.463 e. The topological polar surface area (TPSA) is 131 Å². The zero-order valence-corrected chi connectivity index (χ0v) is 43.3. The van der Waals surface area contributed by atoms with Crippen molar-refractivity contribution in [2.75, 3.05) is 26.4 Å². The first kappa shape index (κ1) is 63.2. The van der Waals surface area contributed by atoms with Gasteiger partial charge < -0.3 is 20.1 Å². The highest BCUT2D eigenvalue weighted by Crippen LogP contribution is 2.42. The Hall–Kier alpha value is -1.77. The third-order valence-corrected chi connectivity index (χ3v) is 13.0. The molecule has 1 amide bonds. The maximum Gasteiger partial charge on any atom is 0.472 e. The molecule has 0 radical (unpaired) electrons. The number of unbranched alkanes of at least 4 members (excludes halogenated alkanes) is 33. The molecule has 0 aliphatic heterocycles. The summed E-state index contributed by atoms with van der Waals surface area (Å²) in [4.78, 5) is 34.1. The lowest BCUT2D eigenvalue weighted by atomic mass is 10.0. The highest BCUT2D eigenvalue weighted by Gasteiger charge is 2.23. The van der Waals surface area contributed by atoms with Gasteiger partial charge in [0, 0.05) is 19.4 Å². The molecule has 10 heteroatoms. The maximum atomic E-state index is 12.2. The zero-order chi connectivity index (χ0) is 47.4. The van der Waals surface area contributed by atoms with E-state index in [0.29, 0.717) is 6.42 Å². The van der Waals surface area contributed by atoms with Crippen molar-refractivity contribution in [3.63, 3.8) is 0 Å². The molecule has 0 aliphatic carbocycles. The van der Waals surface area contributed by atoms with E-state index in [1.165, 1.54) is 199 Å². The lowest BCUT2D eigenvalue weighted by Crippen LogP contribution is -2.27. The fourth-order valence-electron chi connectivity index (χ4n) is 7.88. The number of aliphatic hydroxyl groups excluding tert-OH is 1. The first-order valence-electron chi connectivity index (χ1n) is 27.5. The number of aliphatic hydroxyl groups is 1. The molecule has 382 valence electrons. The van der Waals surface area contributed by atoms with Gasteiger partial charge in [-0.05, 0) is 70.6 Å². The molecular weight excluding hydrogens is 834 g/mol. The van der Waals surface area contributed by atoms with Gasteiger partial charge in [0.05, 0.1) is 13.2 Å². The third-order valence-electron chi connectivity index (χ3n) is 12.0. The van der Waals surface area contributed by atoms with Gasteiger partial charge in [-0.2, -0.15) is 0 Å². The van der Waals surface area contributed by atoms with E-state index in [-0.39, 0.29) is 32.1 Å². The molecule has 0 bridgehead atoms. The summed E-state index contributed by atoms with van der Waals surface area (Å²) in [7, 11) is -4.42. The molecule has 3 N–H and O–H groups in total. The summed E-state index contributed by atoms with van der Waals surface area (Å²) in [6.45, 7) is 3.57. The van der Waals surface area contributed by atoms with Crippen LogP contribution in [0.15, 0.2) is 36.5 Å². The molecular formula is C55H104NO8P. The normalized spacial score (nSPS) is 13.4. The van der Waals surface area contributed by atoms with Gasteiger partial charge in [-0.1, -0.05) is 224 Å². The molecule has 9 nitrogen and oxygen atoms in total. The predicted octanol–water partition coefficient (Wildman–Crippen LogP) is 16.5. The molecule has 0 rings (SSSR count). The van der Waals surface area contributed by atoms with E-state index < -0.39 is 26.5 Å². The summed E-state index contributed by atoms with van der Waals surface area (Å²) in [5.74, 6) is -0.509. The van der Waals surface area contributed by atoms with Crippen molar-refractivity contribution in [2.45, 2.75) is 277 Å². The minimum absolute atomic E-state index is 0.0835. The molecule has 2 unspecified atom stereocenters. The van der Waals surface area contributed by atoms with Crippen LogP contribution in [0.1, 0.15) is 271 Å². The van der Waals surface area contributed by atoms with Gasteiger partial charge in [0.2, 0.25) is 5.91 Å². The Balaban J connectivity index is 3.52. The summed E-state index contributed by atoms with van der Waals surface area (Å²) in [6, 6.07) is 0. The molecule has 0 fully saturated rings. The molecule has 0 heterocycles. The van der Waals surface area contributed by atoms with Crippen molar-refractivity contribution in [3.05, 3.63) is 36.5 Å². The number of amides is 1. The van der Waals surface area contributed by atoms with Crippen molar-refractivity contribution in [1.29, 1.82) is 0 Å². The lowest BCUT2D eigenvalue weighted by molar-refractivity contribution is -0.147. The second-order valence-electron chi connectivity index (χ2n) is 18.5. The number of rotatable bonds is 52. The highest BCUT2D eigenvalue weighted by atomic mass is 31.2. The van der Waals surface area contributed by atoms with E-state index in [1.54, 1.807) is 0 Å². The Morgan fingerprint density at radius 1 is 0.477 bits per heavy atom. The smallest absolute Gasteiger partial charge is 0.463 e. The van der Waals surface area contributed by atoms with Crippen molar-refractivity contribution in [2.24, 2.45) is 0 Å². The average Bonchev–Trinajstić information content (AvgIpc) is 3.29. The van der Waals surface area contributed by atoms with Crippen LogP contribution in [0.25, 0.3) is 0 Å². The van der Waals surface area contributed by atoms with Crippen molar-refractivity contribution in [3.8, 4) is 0 Å². The van der Waals surface area contributed by atoms with Crippen LogP contribution in [0.5, 0.6) is 0 Å².